The van der Waals surface area contributed by atoms with Gasteiger partial charge in [0.2, 0.25) is 0 Å². The number of carbonyl (C=O) groups excluding carboxylic acids is 2. The average Bonchev–Trinajstić information content (AvgIpc) is 2.91. The molecule has 1 saturated heterocycles. The summed E-state index contributed by atoms with van der Waals surface area (Å²) in [5.41, 5.74) is 6.20. The molecule has 2 N–H and O–H groups in total. The maximum absolute atomic E-state index is 12.0. The molecule has 0 spiro atoms. The van der Waals surface area contributed by atoms with Crippen molar-refractivity contribution in [1.82, 2.24) is 14.5 Å². The highest BCUT2D eigenvalue weighted by Crippen LogP contribution is 2.32. The first kappa shape index (κ1) is 13.8. The largest absolute Gasteiger partial charge is 0.329 e. The molecule has 1 aliphatic heterocycles. The fraction of sp³-hybridized carbons (Fsp3) is 0.417. The number of imide groups is 1. The summed E-state index contributed by atoms with van der Waals surface area (Å²) in [5.74, 6) is -0.281. The van der Waals surface area contributed by atoms with Crippen molar-refractivity contribution in [3.05, 3.63) is 23.1 Å². The van der Waals surface area contributed by atoms with Crippen LogP contribution in [0.25, 0.3) is 6.08 Å². The zero-order chi connectivity index (χ0) is 14.0. The lowest BCUT2D eigenvalue weighted by molar-refractivity contribution is -0.122. The van der Waals surface area contributed by atoms with Gasteiger partial charge < -0.3 is 10.3 Å². The Morgan fingerprint density at radius 1 is 1.47 bits per heavy atom. The van der Waals surface area contributed by atoms with E-state index in [1.165, 1.54) is 4.90 Å². The number of imidazole rings is 1. The van der Waals surface area contributed by atoms with E-state index in [1.807, 2.05) is 18.4 Å². The molecule has 1 aromatic heterocycles. The second kappa shape index (κ2) is 5.58. The second-order valence-electron chi connectivity index (χ2n) is 4.44. The Labute approximate surface area is 115 Å². The minimum absolute atomic E-state index is 0.242. The Hall–Kier alpha value is -1.60. The molecule has 0 atom stereocenters. The molecule has 0 bridgehead atoms. The average molecular weight is 280 g/mol. The molecule has 7 heteroatoms. The molecule has 0 saturated carbocycles. The van der Waals surface area contributed by atoms with Crippen LogP contribution in [0.2, 0.25) is 0 Å². The lowest BCUT2D eigenvalue weighted by Crippen LogP contribution is -2.33. The van der Waals surface area contributed by atoms with Crippen LogP contribution in [-0.4, -0.2) is 38.7 Å². The molecule has 0 unspecified atom stereocenters. The van der Waals surface area contributed by atoms with E-state index in [0.717, 1.165) is 17.5 Å². The molecule has 2 amide bonds. The fourth-order valence-electron chi connectivity index (χ4n) is 1.81. The van der Waals surface area contributed by atoms with E-state index in [9.17, 15) is 9.59 Å². The fourth-order valence-corrected chi connectivity index (χ4v) is 2.66. The maximum Gasteiger partial charge on any atom is 0.293 e. The van der Waals surface area contributed by atoms with Gasteiger partial charge in [0.1, 0.15) is 0 Å². The number of nitrogens with two attached hydrogens (primary N) is 1. The van der Waals surface area contributed by atoms with Gasteiger partial charge in [-0.3, -0.25) is 14.5 Å². The van der Waals surface area contributed by atoms with E-state index in [4.69, 9.17) is 5.73 Å². The zero-order valence-electron chi connectivity index (χ0n) is 10.9. The molecular formula is C12H16N4O2S. The third kappa shape index (κ3) is 2.71. The molecule has 6 nitrogen and oxygen atoms in total. The molecule has 1 aromatic rings. The smallest absolute Gasteiger partial charge is 0.293 e. The van der Waals surface area contributed by atoms with Gasteiger partial charge in [0.05, 0.1) is 23.1 Å². The number of thioether (sulfide) groups is 1. The van der Waals surface area contributed by atoms with E-state index >= 15 is 0 Å². The van der Waals surface area contributed by atoms with Crippen molar-refractivity contribution in [3.8, 4) is 0 Å². The van der Waals surface area contributed by atoms with Crippen LogP contribution in [0.4, 0.5) is 4.79 Å². The number of aromatic nitrogens is 2. The predicted octanol–water partition coefficient (Wildman–Crippen LogP) is 1.46. The van der Waals surface area contributed by atoms with Gasteiger partial charge >= 0.3 is 0 Å². The van der Waals surface area contributed by atoms with E-state index in [1.54, 1.807) is 18.6 Å². The van der Waals surface area contributed by atoms with E-state index in [0.29, 0.717) is 4.91 Å². The quantitative estimate of drug-likeness (QED) is 0.844. The Bertz CT molecular complexity index is 536. The van der Waals surface area contributed by atoms with Crippen LogP contribution < -0.4 is 5.73 Å². The number of hydrogen-bond donors (Lipinski definition) is 1. The Balaban J connectivity index is 2.27. The first-order valence-corrected chi connectivity index (χ1v) is 6.83. The SMILES string of the molecule is CC(C)n1cncc1C=C1SC(=O)N(CCN)C1=O. The molecule has 0 radical (unpaired) electrons. The number of nitrogens with zero attached hydrogens (tertiary/aromatic N) is 3. The monoisotopic (exact) mass is 280 g/mol. The Morgan fingerprint density at radius 3 is 2.84 bits per heavy atom. The topological polar surface area (TPSA) is 81.2 Å². The van der Waals surface area contributed by atoms with Gasteiger partial charge in [0, 0.05) is 19.1 Å². The van der Waals surface area contributed by atoms with Crippen LogP contribution in [0.5, 0.6) is 0 Å². The van der Waals surface area contributed by atoms with Crippen LogP contribution in [0, 0.1) is 0 Å². The van der Waals surface area contributed by atoms with Gasteiger partial charge in [-0.15, -0.1) is 0 Å². The van der Waals surface area contributed by atoms with Crippen molar-refractivity contribution in [2.75, 3.05) is 13.1 Å². The standard InChI is InChI=1S/C12H16N4O2S/c1-8(2)16-7-14-6-9(16)5-10-11(17)15(4-3-13)12(18)19-10/h5-8H,3-4,13H2,1-2H3. The van der Waals surface area contributed by atoms with Gasteiger partial charge in [-0.1, -0.05) is 0 Å². The highest BCUT2D eigenvalue weighted by Gasteiger charge is 2.34. The summed E-state index contributed by atoms with van der Waals surface area (Å²) < 4.78 is 1.94. The van der Waals surface area contributed by atoms with Crippen LogP contribution >= 0.6 is 11.8 Å². The van der Waals surface area contributed by atoms with Crippen molar-refractivity contribution in [3.63, 3.8) is 0 Å². The van der Waals surface area contributed by atoms with E-state index in [-0.39, 0.29) is 30.3 Å². The number of amides is 2. The maximum atomic E-state index is 12.0. The minimum atomic E-state index is -0.281. The molecule has 2 heterocycles. The molecule has 1 aliphatic rings. The summed E-state index contributed by atoms with van der Waals surface area (Å²) in [6.07, 6.45) is 5.09. The molecule has 102 valence electrons. The molecule has 1 fully saturated rings. The summed E-state index contributed by atoms with van der Waals surface area (Å²) in [5, 5.41) is -0.266. The molecule has 0 aromatic carbocycles. The van der Waals surface area contributed by atoms with Crippen LogP contribution in [0.15, 0.2) is 17.4 Å². The van der Waals surface area contributed by atoms with Crippen molar-refractivity contribution in [2.24, 2.45) is 5.73 Å². The zero-order valence-corrected chi connectivity index (χ0v) is 11.7. The van der Waals surface area contributed by atoms with Crippen LogP contribution in [0.1, 0.15) is 25.6 Å². The summed E-state index contributed by atoms with van der Waals surface area (Å²) in [7, 11) is 0. The predicted molar refractivity (Wildman–Crippen MR) is 74.3 cm³/mol. The van der Waals surface area contributed by atoms with Crippen molar-refractivity contribution < 1.29 is 9.59 Å². The third-order valence-electron chi connectivity index (χ3n) is 2.76. The molecular weight excluding hydrogens is 264 g/mol. The van der Waals surface area contributed by atoms with Crippen LogP contribution in [0.3, 0.4) is 0 Å². The minimum Gasteiger partial charge on any atom is -0.329 e. The van der Waals surface area contributed by atoms with E-state index < -0.39 is 0 Å². The van der Waals surface area contributed by atoms with Crippen molar-refractivity contribution in [2.45, 2.75) is 19.9 Å². The first-order chi connectivity index (χ1) is 9.04. The summed E-state index contributed by atoms with van der Waals surface area (Å²) in [6, 6.07) is 0.242. The molecule has 0 aliphatic carbocycles. The molecule has 19 heavy (non-hydrogen) atoms. The summed E-state index contributed by atoms with van der Waals surface area (Å²) in [6.45, 7) is 4.58. The van der Waals surface area contributed by atoms with Gasteiger partial charge in [0.25, 0.3) is 11.1 Å². The first-order valence-electron chi connectivity index (χ1n) is 6.02. The highest BCUT2D eigenvalue weighted by atomic mass is 32.2. The van der Waals surface area contributed by atoms with Gasteiger partial charge in [-0.2, -0.15) is 0 Å². The Morgan fingerprint density at radius 2 is 2.21 bits per heavy atom. The molecule has 2 rings (SSSR count). The van der Waals surface area contributed by atoms with Gasteiger partial charge in [-0.25, -0.2) is 4.98 Å². The van der Waals surface area contributed by atoms with Crippen molar-refractivity contribution in [1.29, 1.82) is 0 Å². The van der Waals surface area contributed by atoms with Gasteiger partial charge in [0.15, 0.2) is 0 Å². The lowest BCUT2D eigenvalue weighted by atomic mass is 10.3. The normalized spacial score (nSPS) is 18.1. The van der Waals surface area contributed by atoms with E-state index in [2.05, 4.69) is 4.98 Å². The lowest BCUT2D eigenvalue weighted by Gasteiger charge is -2.10. The number of rotatable bonds is 4. The Kier molecular flexibility index (Phi) is 4.06. The highest BCUT2D eigenvalue weighted by molar-refractivity contribution is 8.18. The summed E-state index contributed by atoms with van der Waals surface area (Å²) >= 11 is 0.942. The third-order valence-corrected chi connectivity index (χ3v) is 3.67. The van der Waals surface area contributed by atoms with Crippen molar-refractivity contribution >= 4 is 29.0 Å². The summed E-state index contributed by atoms with van der Waals surface area (Å²) in [4.78, 5) is 29.4. The number of carbonyl (C=O) groups is 2. The van der Waals surface area contributed by atoms with Crippen LogP contribution in [-0.2, 0) is 4.79 Å². The van der Waals surface area contributed by atoms with Gasteiger partial charge in [-0.05, 0) is 31.7 Å². The second-order valence-corrected chi connectivity index (χ2v) is 5.43. The number of hydrogen-bond acceptors (Lipinski definition) is 5.